The summed E-state index contributed by atoms with van der Waals surface area (Å²) in [4.78, 5) is 3.14. The van der Waals surface area contributed by atoms with E-state index in [0.717, 1.165) is 25.9 Å². The normalized spacial score (nSPS) is 9.86. The highest BCUT2D eigenvalue weighted by Gasteiger charge is 2.10. The summed E-state index contributed by atoms with van der Waals surface area (Å²) in [5, 5.41) is 0. The van der Waals surface area contributed by atoms with E-state index in [1.165, 1.54) is 12.8 Å². The summed E-state index contributed by atoms with van der Waals surface area (Å²) in [6, 6.07) is 0. The SMILES string of the molecule is CCCCN(CCCC)C(=S)C(N)=S. The average molecular weight is 232 g/mol. The Kier molecular flexibility index (Phi) is 7.99. The molecule has 0 heterocycles. The minimum absolute atomic E-state index is 0.354. The first-order valence-corrected chi connectivity index (χ1v) is 6.03. The fourth-order valence-electron chi connectivity index (χ4n) is 1.17. The van der Waals surface area contributed by atoms with Gasteiger partial charge in [-0.2, -0.15) is 0 Å². The lowest BCUT2D eigenvalue weighted by atomic mass is 10.2. The van der Waals surface area contributed by atoms with Gasteiger partial charge in [-0.3, -0.25) is 0 Å². The average Bonchev–Trinajstić information content (AvgIpc) is 2.17. The maximum Gasteiger partial charge on any atom is 0.136 e. The topological polar surface area (TPSA) is 29.3 Å². The molecule has 0 aliphatic carbocycles. The van der Waals surface area contributed by atoms with Crippen LogP contribution in [0.3, 0.4) is 0 Å². The van der Waals surface area contributed by atoms with Gasteiger partial charge in [0, 0.05) is 13.1 Å². The van der Waals surface area contributed by atoms with Gasteiger partial charge in [0.1, 0.15) is 9.98 Å². The van der Waals surface area contributed by atoms with Crippen LogP contribution in [-0.4, -0.2) is 28.0 Å². The lowest BCUT2D eigenvalue weighted by molar-refractivity contribution is 0.408. The Morgan fingerprint density at radius 1 is 1.07 bits per heavy atom. The Morgan fingerprint density at radius 3 is 1.79 bits per heavy atom. The number of nitrogens with two attached hydrogens (primary N) is 1. The summed E-state index contributed by atoms with van der Waals surface area (Å²) >= 11 is 10.1. The number of hydrogen-bond donors (Lipinski definition) is 1. The predicted molar refractivity (Wildman–Crippen MR) is 70.8 cm³/mol. The van der Waals surface area contributed by atoms with Crippen LogP contribution < -0.4 is 5.73 Å². The van der Waals surface area contributed by atoms with Gasteiger partial charge >= 0.3 is 0 Å². The standard InChI is InChI=1S/C10H20N2S2/c1-3-5-7-12(8-6-4-2)10(14)9(11)13/h3-8H2,1-2H3,(H2,11,13). The van der Waals surface area contributed by atoms with Gasteiger partial charge in [-0.1, -0.05) is 51.1 Å². The minimum Gasteiger partial charge on any atom is -0.388 e. The van der Waals surface area contributed by atoms with Crippen LogP contribution >= 0.6 is 24.4 Å². The van der Waals surface area contributed by atoms with E-state index >= 15 is 0 Å². The zero-order valence-electron chi connectivity index (χ0n) is 9.08. The Labute approximate surface area is 97.8 Å². The van der Waals surface area contributed by atoms with Gasteiger partial charge in [0.2, 0.25) is 0 Å². The molecule has 2 nitrogen and oxygen atoms in total. The summed E-state index contributed by atoms with van der Waals surface area (Å²) in [5.41, 5.74) is 5.53. The number of thiocarbonyl (C=S) groups is 2. The summed E-state index contributed by atoms with van der Waals surface area (Å²) in [6.07, 6.45) is 4.63. The highest BCUT2D eigenvalue weighted by Crippen LogP contribution is 2.01. The molecule has 0 bridgehead atoms. The number of rotatable bonds is 6. The van der Waals surface area contributed by atoms with Crippen molar-refractivity contribution in [2.24, 2.45) is 5.73 Å². The van der Waals surface area contributed by atoms with Crippen LogP contribution in [0.15, 0.2) is 0 Å². The van der Waals surface area contributed by atoms with Crippen molar-refractivity contribution in [1.82, 2.24) is 4.90 Å². The molecule has 82 valence electrons. The van der Waals surface area contributed by atoms with E-state index in [1.54, 1.807) is 0 Å². The molecule has 0 spiro atoms. The van der Waals surface area contributed by atoms with Gasteiger partial charge in [-0.05, 0) is 12.8 Å². The monoisotopic (exact) mass is 232 g/mol. The van der Waals surface area contributed by atoms with Crippen molar-refractivity contribution >= 4 is 34.4 Å². The first kappa shape index (κ1) is 13.8. The molecule has 0 radical (unpaired) electrons. The molecule has 0 aromatic heterocycles. The number of unbranched alkanes of at least 4 members (excludes halogenated alkanes) is 2. The van der Waals surface area contributed by atoms with Crippen molar-refractivity contribution in [3.63, 3.8) is 0 Å². The molecule has 0 fully saturated rings. The molecule has 14 heavy (non-hydrogen) atoms. The Morgan fingerprint density at radius 2 is 1.50 bits per heavy atom. The van der Waals surface area contributed by atoms with Crippen molar-refractivity contribution in [3.05, 3.63) is 0 Å². The Bertz CT molecular complexity index is 185. The molecule has 0 aromatic carbocycles. The maximum absolute atomic E-state index is 5.53. The highest BCUT2D eigenvalue weighted by molar-refractivity contribution is 7.89. The maximum atomic E-state index is 5.53. The molecule has 0 aliphatic rings. The summed E-state index contributed by atoms with van der Waals surface area (Å²) in [6.45, 7) is 6.29. The van der Waals surface area contributed by atoms with Crippen molar-refractivity contribution in [3.8, 4) is 0 Å². The van der Waals surface area contributed by atoms with E-state index in [4.69, 9.17) is 30.2 Å². The van der Waals surface area contributed by atoms with Crippen molar-refractivity contribution in [1.29, 1.82) is 0 Å². The molecule has 0 atom stereocenters. The van der Waals surface area contributed by atoms with E-state index in [-0.39, 0.29) is 0 Å². The first-order chi connectivity index (χ1) is 6.63. The Balaban J connectivity index is 4.08. The quantitative estimate of drug-likeness (QED) is 0.713. The van der Waals surface area contributed by atoms with Gasteiger partial charge in [0.05, 0.1) is 0 Å². The second-order valence-electron chi connectivity index (χ2n) is 3.36. The van der Waals surface area contributed by atoms with Gasteiger partial charge in [-0.25, -0.2) is 0 Å². The molecule has 0 saturated heterocycles. The molecule has 0 aromatic rings. The molecule has 0 unspecified atom stereocenters. The van der Waals surface area contributed by atoms with E-state index in [9.17, 15) is 0 Å². The molecule has 0 saturated carbocycles. The summed E-state index contributed by atoms with van der Waals surface area (Å²) in [7, 11) is 0. The molecular formula is C10H20N2S2. The van der Waals surface area contributed by atoms with E-state index in [0.29, 0.717) is 9.98 Å². The van der Waals surface area contributed by atoms with Gasteiger partial charge in [0.25, 0.3) is 0 Å². The third-order valence-electron chi connectivity index (χ3n) is 2.06. The third-order valence-corrected chi connectivity index (χ3v) is 2.86. The summed E-state index contributed by atoms with van der Waals surface area (Å²) in [5.74, 6) is 0. The lowest BCUT2D eigenvalue weighted by Crippen LogP contribution is -2.39. The van der Waals surface area contributed by atoms with Crippen LogP contribution in [0.5, 0.6) is 0 Å². The van der Waals surface area contributed by atoms with Crippen LogP contribution in [-0.2, 0) is 0 Å². The van der Waals surface area contributed by atoms with Crippen molar-refractivity contribution in [2.75, 3.05) is 13.1 Å². The fraction of sp³-hybridized carbons (Fsp3) is 0.800. The second kappa shape index (κ2) is 8.12. The molecule has 0 rings (SSSR count). The van der Waals surface area contributed by atoms with Crippen LogP contribution in [0.25, 0.3) is 0 Å². The lowest BCUT2D eigenvalue weighted by Gasteiger charge is -2.24. The molecule has 0 amide bonds. The Hall–Kier alpha value is -0.220. The van der Waals surface area contributed by atoms with E-state index in [1.807, 2.05) is 0 Å². The van der Waals surface area contributed by atoms with E-state index in [2.05, 4.69) is 18.7 Å². The van der Waals surface area contributed by atoms with Gasteiger partial charge < -0.3 is 10.6 Å². The second-order valence-corrected chi connectivity index (χ2v) is 4.19. The molecular weight excluding hydrogens is 212 g/mol. The highest BCUT2D eigenvalue weighted by atomic mass is 32.1. The predicted octanol–water partition coefficient (Wildman–Crippen LogP) is 2.50. The molecule has 2 N–H and O–H groups in total. The van der Waals surface area contributed by atoms with Gasteiger partial charge in [-0.15, -0.1) is 0 Å². The van der Waals surface area contributed by atoms with Crippen LogP contribution in [0.2, 0.25) is 0 Å². The minimum atomic E-state index is 0.354. The summed E-state index contributed by atoms with van der Waals surface area (Å²) < 4.78 is 0. The zero-order chi connectivity index (χ0) is 11.0. The van der Waals surface area contributed by atoms with Crippen LogP contribution in [0.4, 0.5) is 0 Å². The van der Waals surface area contributed by atoms with Crippen molar-refractivity contribution in [2.45, 2.75) is 39.5 Å². The smallest absolute Gasteiger partial charge is 0.136 e. The number of hydrogen-bond acceptors (Lipinski definition) is 2. The van der Waals surface area contributed by atoms with Crippen LogP contribution in [0, 0.1) is 0 Å². The fourth-order valence-corrected chi connectivity index (χ4v) is 1.48. The van der Waals surface area contributed by atoms with E-state index < -0.39 is 0 Å². The van der Waals surface area contributed by atoms with Crippen molar-refractivity contribution < 1.29 is 0 Å². The third kappa shape index (κ3) is 5.50. The number of nitrogens with zero attached hydrogens (tertiary/aromatic N) is 1. The largest absolute Gasteiger partial charge is 0.388 e. The molecule has 0 aliphatic heterocycles. The van der Waals surface area contributed by atoms with Crippen LogP contribution in [0.1, 0.15) is 39.5 Å². The van der Waals surface area contributed by atoms with Gasteiger partial charge in [0.15, 0.2) is 0 Å². The molecule has 4 heteroatoms. The zero-order valence-corrected chi connectivity index (χ0v) is 10.7. The first-order valence-electron chi connectivity index (χ1n) is 5.22.